The minimum Gasteiger partial charge on any atom is -0.370 e. The highest BCUT2D eigenvalue weighted by Gasteiger charge is 2.15. The summed E-state index contributed by atoms with van der Waals surface area (Å²) in [4.78, 5) is 13.9. The van der Waals surface area contributed by atoms with Crippen molar-refractivity contribution in [1.29, 1.82) is 5.26 Å². The monoisotopic (exact) mass is 248 g/mol. The van der Waals surface area contributed by atoms with Crippen molar-refractivity contribution in [2.75, 3.05) is 11.9 Å². The van der Waals surface area contributed by atoms with Gasteiger partial charge in [0.15, 0.2) is 0 Å². The summed E-state index contributed by atoms with van der Waals surface area (Å²) in [6.45, 7) is 5.05. The molecule has 1 aromatic rings. The van der Waals surface area contributed by atoms with Crippen LogP contribution in [-0.2, 0) is 0 Å². The van der Waals surface area contributed by atoms with Gasteiger partial charge in [-0.25, -0.2) is 4.98 Å². The van der Waals surface area contributed by atoms with E-state index >= 15 is 0 Å². The molecule has 0 unspecified atom stereocenters. The molecule has 0 amide bonds. The van der Waals surface area contributed by atoms with E-state index in [4.69, 9.17) is 5.26 Å². The first-order chi connectivity index (χ1) is 8.54. The molecule has 0 spiro atoms. The van der Waals surface area contributed by atoms with Crippen LogP contribution in [0.2, 0.25) is 0 Å². The number of nitrogens with zero attached hydrogens (tertiary/aromatic N) is 3. The van der Waals surface area contributed by atoms with Crippen molar-refractivity contribution >= 4 is 11.5 Å². The van der Waals surface area contributed by atoms with Crippen molar-refractivity contribution in [3.8, 4) is 6.07 Å². The molecule has 96 valence electrons. The Labute approximate surface area is 106 Å². The first-order valence-corrected chi connectivity index (χ1v) is 5.84. The van der Waals surface area contributed by atoms with Crippen molar-refractivity contribution in [2.45, 2.75) is 26.7 Å². The number of nitrogens with one attached hydrogen (secondary N) is 1. The highest BCUT2D eigenvalue weighted by Crippen LogP contribution is 2.18. The molecule has 0 aromatic carbocycles. The van der Waals surface area contributed by atoms with E-state index in [1.807, 2.05) is 0 Å². The average molecular weight is 248 g/mol. The van der Waals surface area contributed by atoms with Crippen molar-refractivity contribution in [2.24, 2.45) is 5.92 Å². The molecule has 0 aliphatic rings. The molecule has 0 radical (unpaired) electrons. The first-order valence-electron chi connectivity index (χ1n) is 5.84. The van der Waals surface area contributed by atoms with Crippen molar-refractivity contribution in [3.05, 3.63) is 27.9 Å². The van der Waals surface area contributed by atoms with Crippen molar-refractivity contribution < 1.29 is 4.92 Å². The number of pyridine rings is 1. The molecule has 1 rings (SSSR count). The maximum absolute atomic E-state index is 10.6. The molecule has 0 aliphatic heterocycles. The molecule has 0 fully saturated rings. The summed E-state index contributed by atoms with van der Waals surface area (Å²) in [5.41, 5.74) is -0.418. The summed E-state index contributed by atoms with van der Waals surface area (Å²) in [5, 5.41) is 22.5. The Bertz CT molecular complexity index is 466. The zero-order valence-electron chi connectivity index (χ0n) is 10.5. The van der Waals surface area contributed by atoms with Crippen LogP contribution in [0.1, 0.15) is 32.4 Å². The van der Waals surface area contributed by atoms with Gasteiger partial charge >= 0.3 is 5.69 Å². The average Bonchev–Trinajstić information content (AvgIpc) is 2.33. The number of nitro groups is 1. The van der Waals surface area contributed by atoms with Gasteiger partial charge in [0.25, 0.3) is 0 Å². The summed E-state index contributed by atoms with van der Waals surface area (Å²) in [7, 11) is 0. The number of hydrogen-bond donors (Lipinski definition) is 1. The summed E-state index contributed by atoms with van der Waals surface area (Å²) in [6.07, 6.45) is 2.10. The van der Waals surface area contributed by atoms with Crippen LogP contribution in [0.3, 0.4) is 0 Å². The molecule has 0 aliphatic carbocycles. The second-order valence-corrected chi connectivity index (χ2v) is 4.40. The minimum atomic E-state index is -0.603. The summed E-state index contributed by atoms with van der Waals surface area (Å²) >= 11 is 0. The molecule has 0 bridgehead atoms. The number of aromatic nitrogens is 1. The van der Waals surface area contributed by atoms with E-state index in [0.29, 0.717) is 11.7 Å². The van der Waals surface area contributed by atoms with Gasteiger partial charge in [-0.15, -0.1) is 0 Å². The second-order valence-electron chi connectivity index (χ2n) is 4.40. The Kier molecular flexibility index (Phi) is 5.06. The van der Waals surface area contributed by atoms with E-state index < -0.39 is 4.92 Å². The maximum atomic E-state index is 10.6. The van der Waals surface area contributed by atoms with Crippen molar-refractivity contribution in [1.82, 2.24) is 4.98 Å². The van der Waals surface area contributed by atoms with Crippen LogP contribution in [0.4, 0.5) is 11.5 Å². The molecule has 6 heteroatoms. The Balaban J connectivity index is 2.63. The zero-order chi connectivity index (χ0) is 13.5. The SMILES string of the molecule is CC(C)CCCNc1ccc([N+](=O)[O-])c(C#N)n1. The standard InChI is InChI=1S/C12H16N4O2/c1-9(2)4-3-7-14-12-6-5-11(16(17)18)10(8-13)15-12/h5-6,9H,3-4,7H2,1-2H3,(H,14,15). The number of anilines is 1. The first kappa shape index (κ1) is 13.9. The van der Waals surface area contributed by atoms with Gasteiger partial charge in [0.05, 0.1) is 4.92 Å². The van der Waals surface area contributed by atoms with E-state index in [-0.39, 0.29) is 11.4 Å². The molecule has 6 nitrogen and oxygen atoms in total. The Morgan fingerprint density at radius 2 is 2.28 bits per heavy atom. The fourth-order valence-electron chi connectivity index (χ4n) is 1.51. The van der Waals surface area contributed by atoms with Gasteiger partial charge in [0, 0.05) is 12.6 Å². The molecule has 0 saturated heterocycles. The molecule has 18 heavy (non-hydrogen) atoms. The molecule has 0 atom stereocenters. The van der Waals surface area contributed by atoms with Gasteiger partial charge in [-0.3, -0.25) is 10.1 Å². The summed E-state index contributed by atoms with van der Waals surface area (Å²) < 4.78 is 0. The predicted octanol–water partition coefficient (Wildman–Crippen LogP) is 2.71. The van der Waals surface area contributed by atoms with Crippen LogP contribution in [0.5, 0.6) is 0 Å². The summed E-state index contributed by atoms with van der Waals surface area (Å²) in [6, 6.07) is 4.56. The lowest BCUT2D eigenvalue weighted by Crippen LogP contribution is -2.06. The lowest BCUT2D eigenvalue weighted by molar-refractivity contribution is -0.385. The van der Waals surface area contributed by atoms with E-state index in [9.17, 15) is 10.1 Å². The smallest absolute Gasteiger partial charge is 0.305 e. The van der Waals surface area contributed by atoms with E-state index in [1.54, 1.807) is 6.07 Å². The lowest BCUT2D eigenvalue weighted by atomic mass is 10.1. The fraction of sp³-hybridized carbons (Fsp3) is 0.500. The third-order valence-electron chi connectivity index (χ3n) is 2.44. The predicted molar refractivity (Wildman–Crippen MR) is 68.2 cm³/mol. The highest BCUT2D eigenvalue weighted by molar-refractivity contribution is 5.50. The molecular weight excluding hydrogens is 232 g/mol. The molecule has 0 saturated carbocycles. The maximum Gasteiger partial charge on any atom is 0.305 e. The van der Waals surface area contributed by atoms with Crippen LogP contribution >= 0.6 is 0 Å². The normalized spacial score (nSPS) is 10.1. The fourth-order valence-corrected chi connectivity index (χ4v) is 1.51. The Morgan fingerprint density at radius 3 is 2.83 bits per heavy atom. The van der Waals surface area contributed by atoms with Crippen LogP contribution in [-0.4, -0.2) is 16.5 Å². The minimum absolute atomic E-state index is 0.158. The number of nitriles is 1. The van der Waals surface area contributed by atoms with Crippen LogP contribution in [0.25, 0.3) is 0 Å². The molecule has 1 aromatic heterocycles. The lowest BCUT2D eigenvalue weighted by Gasteiger charge is -2.07. The van der Waals surface area contributed by atoms with Gasteiger partial charge in [-0.1, -0.05) is 13.8 Å². The molecule has 1 heterocycles. The number of rotatable bonds is 6. The van der Waals surface area contributed by atoms with E-state index in [1.165, 1.54) is 12.1 Å². The Morgan fingerprint density at radius 1 is 1.56 bits per heavy atom. The summed E-state index contributed by atoms with van der Waals surface area (Å²) in [5.74, 6) is 1.15. The van der Waals surface area contributed by atoms with E-state index in [0.717, 1.165) is 19.4 Å². The molecular formula is C12H16N4O2. The van der Waals surface area contributed by atoms with Gasteiger partial charge in [-0.2, -0.15) is 5.26 Å². The number of hydrogen-bond acceptors (Lipinski definition) is 5. The zero-order valence-corrected chi connectivity index (χ0v) is 10.5. The third kappa shape index (κ3) is 4.01. The molecule has 1 N–H and O–H groups in total. The van der Waals surface area contributed by atoms with Crippen LogP contribution in [0.15, 0.2) is 12.1 Å². The highest BCUT2D eigenvalue weighted by atomic mass is 16.6. The van der Waals surface area contributed by atoms with Crippen molar-refractivity contribution in [3.63, 3.8) is 0 Å². The van der Waals surface area contributed by atoms with Gasteiger partial charge in [0.1, 0.15) is 11.9 Å². The largest absolute Gasteiger partial charge is 0.370 e. The topological polar surface area (TPSA) is 91.9 Å². The van der Waals surface area contributed by atoms with Crippen LogP contribution < -0.4 is 5.32 Å². The van der Waals surface area contributed by atoms with Gasteiger partial charge in [0.2, 0.25) is 5.69 Å². The van der Waals surface area contributed by atoms with E-state index in [2.05, 4.69) is 24.1 Å². The Hall–Kier alpha value is -2.16. The van der Waals surface area contributed by atoms with Gasteiger partial charge in [-0.05, 0) is 24.8 Å². The second kappa shape index (κ2) is 6.55. The third-order valence-corrected chi connectivity index (χ3v) is 2.44. The quantitative estimate of drug-likeness (QED) is 0.474. The van der Waals surface area contributed by atoms with Gasteiger partial charge < -0.3 is 5.32 Å². The van der Waals surface area contributed by atoms with Crippen LogP contribution in [0, 0.1) is 27.4 Å².